The number of carbonyl (C=O) groups is 1. The number of para-hydroxylation sites is 1. The predicted molar refractivity (Wildman–Crippen MR) is 112 cm³/mol. The lowest BCUT2D eigenvalue weighted by Gasteiger charge is -2.04. The van der Waals surface area contributed by atoms with Crippen molar-refractivity contribution >= 4 is 29.2 Å². The number of carbonyl (C=O) groups excluding carboxylic acids is 1. The second-order valence-corrected chi connectivity index (χ2v) is 6.89. The Morgan fingerprint density at radius 1 is 1.07 bits per heavy atom. The number of aryl methyl sites for hydroxylation is 2. The van der Waals surface area contributed by atoms with Crippen LogP contribution in [0.4, 0.5) is 4.39 Å². The Morgan fingerprint density at radius 2 is 1.80 bits per heavy atom. The Kier molecular flexibility index (Phi) is 5.06. The maximum atomic E-state index is 13.7. The molecule has 0 radical (unpaired) electrons. The number of aromatic nitrogens is 1. The van der Waals surface area contributed by atoms with Gasteiger partial charge in [-0.1, -0.05) is 12.1 Å². The SMILES string of the molecule is Cc1cc(/C=C/c2nc3ccc(C(=O)Oc4ccccc4F)cc3o2)cc(C)c1O. The zero-order valence-corrected chi connectivity index (χ0v) is 16.3. The molecule has 6 heteroatoms. The number of oxazole rings is 1. The van der Waals surface area contributed by atoms with Gasteiger partial charge in [-0.15, -0.1) is 0 Å². The van der Waals surface area contributed by atoms with E-state index in [0.717, 1.165) is 16.7 Å². The predicted octanol–water partition coefficient (Wildman–Crippen LogP) is 5.68. The summed E-state index contributed by atoms with van der Waals surface area (Å²) in [6.45, 7) is 3.67. The summed E-state index contributed by atoms with van der Waals surface area (Å²) >= 11 is 0. The van der Waals surface area contributed by atoms with Crippen molar-refractivity contribution in [1.82, 2.24) is 4.98 Å². The highest BCUT2D eigenvalue weighted by Gasteiger charge is 2.14. The fourth-order valence-corrected chi connectivity index (χ4v) is 3.08. The quantitative estimate of drug-likeness (QED) is 0.351. The third-order valence-electron chi connectivity index (χ3n) is 4.61. The van der Waals surface area contributed by atoms with Crippen LogP contribution in [0.25, 0.3) is 23.3 Å². The number of halogens is 1. The van der Waals surface area contributed by atoms with Crippen LogP contribution in [-0.4, -0.2) is 16.1 Å². The number of ether oxygens (including phenoxy) is 1. The van der Waals surface area contributed by atoms with E-state index in [1.165, 1.54) is 24.3 Å². The highest BCUT2D eigenvalue weighted by atomic mass is 19.1. The van der Waals surface area contributed by atoms with Gasteiger partial charge < -0.3 is 14.3 Å². The van der Waals surface area contributed by atoms with Crippen molar-refractivity contribution in [2.75, 3.05) is 0 Å². The number of esters is 1. The van der Waals surface area contributed by atoms with Crippen molar-refractivity contribution in [2.45, 2.75) is 13.8 Å². The summed E-state index contributed by atoms with van der Waals surface area (Å²) in [5, 5.41) is 9.88. The van der Waals surface area contributed by atoms with Crippen molar-refractivity contribution in [3.8, 4) is 11.5 Å². The average Bonchev–Trinajstić information content (AvgIpc) is 3.14. The van der Waals surface area contributed by atoms with E-state index in [9.17, 15) is 14.3 Å². The van der Waals surface area contributed by atoms with Crippen molar-refractivity contribution in [1.29, 1.82) is 0 Å². The molecule has 4 aromatic rings. The molecule has 5 nitrogen and oxygen atoms in total. The molecule has 1 aromatic heterocycles. The summed E-state index contributed by atoms with van der Waals surface area (Å²) in [5.74, 6) is -0.788. The minimum absolute atomic E-state index is 0.136. The first kappa shape index (κ1) is 19.4. The first-order chi connectivity index (χ1) is 14.4. The van der Waals surface area contributed by atoms with Crippen LogP contribution in [0, 0.1) is 19.7 Å². The zero-order chi connectivity index (χ0) is 21.3. The third-order valence-corrected chi connectivity index (χ3v) is 4.61. The number of benzene rings is 3. The minimum atomic E-state index is -0.689. The van der Waals surface area contributed by atoms with E-state index in [4.69, 9.17) is 9.15 Å². The number of hydrogen-bond donors (Lipinski definition) is 1. The molecular weight excluding hydrogens is 385 g/mol. The summed E-state index contributed by atoms with van der Waals surface area (Å²) in [6.07, 6.45) is 3.54. The van der Waals surface area contributed by atoms with E-state index in [2.05, 4.69) is 4.98 Å². The molecule has 0 bridgehead atoms. The average molecular weight is 403 g/mol. The largest absolute Gasteiger partial charge is 0.507 e. The molecule has 1 heterocycles. The highest BCUT2D eigenvalue weighted by molar-refractivity contribution is 5.94. The molecule has 0 atom stereocenters. The van der Waals surface area contributed by atoms with Crippen LogP contribution in [0.5, 0.6) is 11.5 Å². The van der Waals surface area contributed by atoms with Crippen LogP contribution in [0.3, 0.4) is 0 Å². The topological polar surface area (TPSA) is 72.6 Å². The number of nitrogens with zero attached hydrogens (tertiary/aromatic N) is 1. The van der Waals surface area contributed by atoms with Gasteiger partial charge in [0.15, 0.2) is 17.1 Å². The number of phenolic OH excluding ortho intramolecular Hbond substituents is 1. The Bertz CT molecular complexity index is 1270. The Morgan fingerprint density at radius 3 is 2.53 bits per heavy atom. The van der Waals surface area contributed by atoms with E-state index < -0.39 is 11.8 Å². The first-order valence-corrected chi connectivity index (χ1v) is 9.26. The number of rotatable bonds is 4. The van der Waals surface area contributed by atoms with Crippen LogP contribution < -0.4 is 4.74 Å². The van der Waals surface area contributed by atoms with Crippen LogP contribution in [-0.2, 0) is 0 Å². The lowest BCUT2D eigenvalue weighted by atomic mass is 10.1. The Hall–Kier alpha value is -3.93. The van der Waals surface area contributed by atoms with Gasteiger partial charge >= 0.3 is 5.97 Å². The molecule has 0 spiro atoms. The van der Waals surface area contributed by atoms with Gasteiger partial charge in [-0.05, 0) is 79.1 Å². The highest BCUT2D eigenvalue weighted by Crippen LogP contribution is 2.25. The number of phenols is 1. The lowest BCUT2D eigenvalue weighted by Crippen LogP contribution is -2.09. The molecule has 0 unspecified atom stereocenters. The number of hydrogen-bond acceptors (Lipinski definition) is 5. The summed E-state index contributed by atoms with van der Waals surface area (Å²) in [6, 6.07) is 14.1. The minimum Gasteiger partial charge on any atom is -0.507 e. The van der Waals surface area contributed by atoms with Crippen molar-refractivity contribution in [2.24, 2.45) is 0 Å². The molecule has 0 aliphatic rings. The molecule has 0 amide bonds. The number of fused-ring (bicyclic) bond motifs is 1. The van der Waals surface area contributed by atoms with Gasteiger partial charge in [0.05, 0.1) is 5.56 Å². The van der Waals surface area contributed by atoms with Gasteiger partial charge in [-0.3, -0.25) is 0 Å². The van der Waals surface area contributed by atoms with E-state index in [1.54, 1.807) is 24.3 Å². The van der Waals surface area contributed by atoms with E-state index in [1.807, 2.05) is 32.1 Å². The second-order valence-electron chi connectivity index (χ2n) is 6.89. The van der Waals surface area contributed by atoms with Crippen LogP contribution in [0.15, 0.2) is 59.0 Å². The Labute approximate surface area is 172 Å². The van der Waals surface area contributed by atoms with Gasteiger partial charge in [-0.2, -0.15) is 0 Å². The normalized spacial score (nSPS) is 11.3. The number of aromatic hydroxyl groups is 1. The second kappa shape index (κ2) is 7.83. The summed E-state index contributed by atoms with van der Waals surface area (Å²) in [4.78, 5) is 16.7. The standard InChI is InChI=1S/C24H18FNO4/c1-14-11-16(12-15(2)23(14)27)7-10-22-26-19-9-8-17(13-21(19)29-22)24(28)30-20-6-4-3-5-18(20)25/h3-13,27H,1-2H3/b10-7+. The monoisotopic (exact) mass is 403 g/mol. The fourth-order valence-electron chi connectivity index (χ4n) is 3.08. The van der Waals surface area contributed by atoms with E-state index in [0.29, 0.717) is 17.0 Å². The third kappa shape index (κ3) is 3.93. The fraction of sp³-hybridized carbons (Fsp3) is 0.0833. The molecule has 150 valence electrons. The summed E-state index contributed by atoms with van der Waals surface area (Å²) in [7, 11) is 0. The lowest BCUT2D eigenvalue weighted by molar-refractivity contribution is 0.0728. The van der Waals surface area contributed by atoms with Gasteiger partial charge in [0.1, 0.15) is 11.3 Å². The molecule has 0 fully saturated rings. The van der Waals surface area contributed by atoms with Gasteiger partial charge in [0.25, 0.3) is 0 Å². The molecule has 0 saturated heterocycles. The molecular formula is C24H18FNO4. The summed E-state index contributed by atoms with van der Waals surface area (Å²) in [5.41, 5.74) is 3.68. The maximum Gasteiger partial charge on any atom is 0.343 e. The van der Waals surface area contributed by atoms with E-state index >= 15 is 0 Å². The van der Waals surface area contributed by atoms with Crippen LogP contribution in [0.2, 0.25) is 0 Å². The van der Waals surface area contributed by atoms with Crippen LogP contribution in [0.1, 0.15) is 32.9 Å². The molecule has 0 aliphatic heterocycles. The summed E-state index contributed by atoms with van der Waals surface area (Å²) < 4.78 is 24.5. The van der Waals surface area contributed by atoms with Gasteiger partial charge in [-0.25, -0.2) is 14.2 Å². The molecule has 1 N–H and O–H groups in total. The van der Waals surface area contributed by atoms with Gasteiger partial charge in [0, 0.05) is 6.08 Å². The van der Waals surface area contributed by atoms with Crippen molar-refractivity contribution in [3.05, 3.63) is 88.6 Å². The van der Waals surface area contributed by atoms with Crippen molar-refractivity contribution < 1.29 is 23.4 Å². The Balaban J connectivity index is 1.56. The first-order valence-electron chi connectivity index (χ1n) is 9.26. The van der Waals surface area contributed by atoms with E-state index in [-0.39, 0.29) is 17.1 Å². The maximum absolute atomic E-state index is 13.7. The van der Waals surface area contributed by atoms with Crippen LogP contribution >= 0.6 is 0 Å². The molecule has 0 aliphatic carbocycles. The van der Waals surface area contributed by atoms with Gasteiger partial charge in [0.2, 0.25) is 5.89 Å². The van der Waals surface area contributed by atoms with Crippen molar-refractivity contribution in [3.63, 3.8) is 0 Å². The smallest absolute Gasteiger partial charge is 0.343 e. The molecule has 30 heavy (non-hydrogen) atoms. The molecule has 3 aromatic carbocycles. The molecule has 4 rings (SSSR count). The zero-order valence-electron chi connectivity index (χ0n) is 16.3. The molecule has 0 saturated carbocycles.